The smallest absolute Gasteiger partial charge is 0.333 e. The quantitative estimate of drug-likeness (QED) is 0.894. The number of rotatable bonds is 2. The highest BCUT2D eigenvalue weighted by molar-refractivity contribution is 6.30. The van der Waals surface area contributed by atoms with Crippen LogP contribution in [0.2, 0.25) is 5.02 Å². The lowest BCUT2D eigenvalue weighted by atomic mass is 10.1. The molecule has 1 heterocycles. The number of aliphatic carboxylic acids is 1. The van der Waals surface area contributed by atoms with E-state index >= 15 is 0 Å². The van der Waals surface area contributed by atoms with Crippen molar-refractivity contribution < 1.29 is 14.7 Å². The maximum atomic E-state index is 11.9. The van der Waals surface area contributed by atoms with Crippen LogP contribution in [-0.4, -0.2) is 17.0 Å². The third kappa shape index (κ3) is 1.99. The first-order chi connectivity index (χ1) is 8.41. The molecule has 0 aromatic heterocycles. The molecule has 1 amide bonds. The monoisotopic (exact) mass is 265 g/mol. The summed E-state index contributed by atoms with van der Waals surface area (Å²) in [7, 11) is 0. The van der Waals surface area contributed by atoms with Gasteiger partial charge in [0.25, 0.3) is 0 Å². The minimum absolute atomic E-state index is 0.0662. The second kappa shape index (κ2) is 4.46. The summed E-state index contributed by atoms with van der Waals surface area (Å²) in [6.07, 6.45) is -0.0662. The Labute approximate surface area is 109 Å². The van der Waals surface area contributed by atoms with Crippen LogP contribution < -0.4 is 4.90 Å². The normalized spacial score (nSPS) is 15.5. The number of amides is 1. The van der Waals surface area contributed by atoms with Gasteiger partial charge in [-0.15, -0.1) is 0 Å². The van der Waals surface area contributed by atoms with Gasteiger partial charge < -0.3 is 5.11 Å². The highest BCUT2D eigenvalue weighted by Gasteiger charge is 2.32. The third-order valence-corrected chi connectivity index (χ3v) is 3.24. The first-order valence-electron chi connectivity index (χ1n) is 5.44. The number of nitrogens with zero attached hydrogens (tertiary/aromatic N) is 1. The van der Waals surface area contributed by atoms with Crippen LogP contribution in [0.15, 0.2) is 29.5 Å². The summed E-state index contributed by atoms with van der Waals surface area (Å²) < 4.78 is 0. The van der Waals surface area contributed by atoms with Crippen LogP contribution in [0, 0.1) is 6.92 Å². The molecule has 0 unspecified atom stereocenters. The van der Waals surface area contributed by atoms with Crippen molar-refractivity contribution in [2.75, 3.05) is 4.90 Å². The topological polar surface area (TPSA) is 57.6 Å². The zero-order valence-electron chi connectivity index (χ0n) is 10.0. The molecule has 0 saturated carbocycles. The lowest BCUT2D eigenvalue weighted by Gasteiger charge is -2.20. The minimum atomic E-state index is -1.05. The number of aryl methyl sites for hydroxylation is 1. The van der Waals surface area contributed by atoms with Gasteiger partial charge in [-0.3, -0.25) is 9.69 Å². The minimum Gasteiger partial charge on any atom is -0.478 e. The molecule has 1 aromatic rings. The fraction of sp³-hybridized carbons (Fsp3) is 0.231. The molecular weight excluding hydrogens is 254 g/mol. The molecule has 0 bridgehead atoms. The molecule has 0 fully saturated rings. The molecule has 2 rings (SSSR count). The van der Waals surface area contributed by atoms with E-state index in [0.29, 0.717) is 16.4 Å². The maximum absolute atomic E-state index is 11.9. The number of halogens is 1. The zero-order chi connectivity index (χ0) is 13.4. The van der Waals surface area contributed by atoms with Crippen molar-refractivity contribution in [1.29, 1.82) is 0 Å². The zero-order valence-corrected chi connectivity index (χ0v) is 10.8. The molecule has 0 radical (unpaired) electrons. The molecule has 1 aromatic carbocycles. The van der Waals surface area contributed by atoms with E-state index in [1.165, 1.54) is 4.90 Å². The van der Waals surface area contributed by atoms with Gasteiger partial charge in [0.2, 0.25) is 5.91 Å². The number of carboxylic acids is 1. The lowest BCUT2D eigenvalue weighted by Crippen LogP contribution is -2.24. The largest absolute Gasteiger partial charge is 0.478 e. The van der Waals surface area contributed by atoms with Gasteiger partial charge in [0.05, 0.1) is 17.7 Å². The predicted octanol–water partition coefficient (Wildman–Crippen LogP) is 2.74. The number of carbonyl (C=O) groups excluding carboxylic acids is 1. The summed E-state index contributed by atoms with van der Waals surface area (Å²) in [6, 6.07) is 5.16. The molecule has 1 aliphatic heterocycles. The SMILES string of the molecule is CC1=C(C(=O)O)CC(=O)N1c1ccc(Cl)cc1C. The number of hydrogen-bond donors (Lipinski definition) is 1. The predicted molar refractivity (Wildman–Crippen MR) is 68.6 cm³/mol. The van der Waals surface area contributed by atoms with Crippen molar-refractivity contribution in [2.24, 2.45) is 0 Å². The van der Waals surface area contributed by atoms with Crippen LogP contribution in [0.3, 0.4) is 0 Å². The van der Waals surface area contributed by atoms with Crippen LogP contribution in [0.4, 0.5) is 5.69 Å². The van der Waals surface area contributed by atoms with Gasteiger partial charge in [-0.05, 0) is 37.6 Å². The summed E-state index contributed by atoms with van der Waals surface area (Å²) in [5.41, 5.74) is 2.13. The first-order valence-corrected chi connectivity index (χ1v) is 5.81. The van der Waals surface area contributed by atoms with E-state index < -0.39 is 5.97 Å². The number of carboxylic acid groups (broad SMARTS) is 1. The van der Waals surface area contributed by atoms with Crippen LogP contribution in [0.1, 0.15) is 18.9 Å². The highest BCUT2D eigenvalue weighted by atomic mass is 35.5. The Kier molecular flexibility index (Phi) is 3.13. The van der Waals surface area contributed by atoms with Crippen molar-refractivity contribution in [1.82, 2.24) is 0 Å². The van der Waals surface area contributed by atoms with Crippen LogP contribution in [-0.2, 0) is 9.59 Å². The number of carbonyl (C=O) groups is 2. The fourth-order valence-electron chi connectivity index (χ4n) is 2.10. The highest BCUT2D eigenvalue weighted by Crippen LogP contribution is 2.33. The Morgan fingerprint density at radius 3 is 2.56 bits per heavy atom. The van der Waals surface area contributed by atoms with Gasteiger partial charge in [-0.25, -0.2) is 4.79 Å². The summed E-state index contributed by atoms with van der Waals surface area (Å²) in [5, 5.41) is 9.61. The average Bonchev–Trinajstić information content (AvgIpc) is 2.56. The molecule has 94 valence electrons. The molecule has 0 aliphatic carbocycles. The molecule has 5 heteroatoms. The molecule has 1 aliphatic rings. The first kappa shape index (κ1) is 12.6. The van der Waals surface area contributed by atoms with Gasteiger partial charge in [-0.1, -0.05) is 11.6 Å². The van der Waals surface area contributed by atoms with Crippen molar-refractivity contribution in [3.05, 3.63) is 40.1 Å². The molecule has 1 N–H and O–H groups in total. The summed E-state index contributed by atoms with van der Waals surface area (Å²) in [5.74, 6) is -1.27. The Balaban J connectivity index is 2.51. The van der Waals surface area contributed by atoms with Gasteiger partial charge in [0.1, 0.15) is 0 Å². The average molecular weight is 266 g/mol. The Morgan fingerprint density at radius 1 is 1.39 bits per heavy atom. The Bertz CT molecular complexity index is 578. The van der Waals surface area contributed by atoms with Crippen molar-refractivity contribution in [3.8, 4) is 0 Å². The third-order valence-electron chi connectivity index (χ3n) is 3.01. The molecule has 0 atom stereocenters. The van der Waals surface area contributed by atoms with Gasteiger partial charge >= 0.3 is 5.97 Å². The van der Waals surface area contributed by atoms with E-state index in [9.17, 15) is 9.59 Å². The number of benzene rings is 1. The molecule has 0 saturated heterocycles. The van der Waals surface area contributed by atoms with E-state index in [-0.39, 0.29) is 17.9 Å². The number of hydrogen-bond acceptors (Lipinski definition) is 2. The molecule has 18 heavy (non-hydrogen) atoms. The van der Waals surface area contributed by atoms with Gasteiger partial charge in [0, 0.05) is 10.7 Å². The van der Waals surface area contributed by atoms with E-state index in [4.69, 9.17) is 16.7 Å². The van der Waals surface area contributed by atoms with Crippen LogP contribution >= 0.6 is 11.6 Å². The van der Waals surface area contributed by atoms with E-state index in [0.717, 1.165) is 5.56 Å². The van der Waals surface area contributed by atoms with E-state index in [1.807, 2.05) is 6.92 Å². The van der Waals surface area contributed by atoms with E-state index in [1.54, 1.807) is 25.1 Å². The Hall–Kier alpha value is -1.81. The second-order valence-corrected chi connectivity index (χ2v) is 4.64. The van der Waals surface area contributed by atoms with Crippen molar-refractivity contribution in [2.45, 2.75) is 20.3 Å². The van der Waals surface area contributed by atoms with Crippen molar-refractivity contribution >= 4 is 29.2 Å². The summed E-state index contributed by atoms with van der Waals surface area (Å²) in [6.45, 7) is 3.48. The standard InChI is InChI=1S/C13H12ClNO3/c1-7-5-9(14)3-4-11(7)15-8(2)10(13(17)18)6-12(15)16/h3-5H,6H2,1-2H3,(H,17,18). The van der Waals surface area contributed by atoms with Crippen LogP contribution in [0.25, 0.3) is 0 Å². The molecular formula is C13H12ClNO3. The van der Waals surface area contributed by atoms with E-state index in [2.05, 4.69) is 0 Å². The summed E-state index contributed by atoms with van der Waals surface area (Å²) in [4.78, 5) is 24.4. The van der Waals surface area contributed by atoms with Gasteiger partial charge in [-0.2, -0.15) is 0 Å². The fourth-order valence-corrected chi connectivity index (χ4v) is 2.32. The summed E-state index contributed by atoms with van der Waals surface area (Å²) >= 11 is 5.87. The second-order valence-electron chi connectivity index (χ2n) is 4.21. The molecule has 4 nitrogen and oxygen atoms in total. The van der Waals surface area contributed by atoms with Gasteiger partial charge in [0.15, 0.2) is 0 Å². The number of anilines is 1. The maximum Gasteiger partial charge on any atom is 0.333 e. The van der Waals surface area contributed by atoms with Crippen LogP contribution in [0.5, 0.6) is 0 Å². The number of allylic oxidation sites excluding steroid dienone is 1. The lowest BCUT2D eigenvalue weighted by molar-refractivity contribution is -0.133. The Morgan fingerprint density at radius 2 is 2.06 bits per heavy atom. The van der Waals surface area contributed by atoms with Crippen molar-refractivity contribution in [3.63, 3.8) is 0 Å². The molecule has 0 spiro atoms.